The summed E-state index contributed by atoms with van der Waals surface area (Å²) in [4.78, 5) is 7.00. The highest BCUT2D eigenvalue weighted by Gasteiger charge is 2.23. The molecule has 3 aromatic rings. The van der Waals surface area contributed by atoms with E-state index in [1.807, 2.05) is 18.2 Å². The van der Waals surface area contributed by atoms with Crippen LogP contribution in [0.2, 0.25) is 0 Å². The highest BCUT2D eigenvalue weighted by molar-refractivity contribution is 5.90. The molecule has 0 N–H and O–H groups in total. The first-order valence-corrected chi connectivity index (χ1v) is 8.65. The first-order valence-electron chi connectivity index (χ1n) is 8.65. The molecule has 0 atom stereocenters. The van der Waals surface area contributed by atoms with E-state index in [0.29, 0.717) is 12.5 Å². The smallest absolute Gasteiger partial charge is 0.222 e. The van der Waals surface area contributed by atoms with Crippen LogP contribution >= 0.6 is 0 Å². The maximum atomic E-state index is 6.25. The lowest BCUT2D eigenvalue weighted by Crippen LogP contribution is -2.43. The number of pyridine rings is 1. The van der Waals surface area contributed by atoms with E-state index in [2.05, 4.69) is 76.2 Å². The highest BCUT2D eigenvalue weighted by atomic mass is 16.5. The average molecular weight is 334 g/mol. The third-order valence-corrected chi connectivity index (χ3v) is 4.95. The second-order valence-corrected chi connectivity index (χ2v) is 7.30. The fourth-order valence-electron chi connectivity index (χ4n) is 2.77. The molecule has 0 bridgehead atoms. The zero-order chi connectivity index (χ0) is 18.0. The average Bonchev–Trinajstić information content (AvgIpc) is 2.61. The van der Waals surface area contributed by atoms with Crippen molar-refractivity contribution in [3.05, 3.63) is 60.2 Å². The van der Waals surface area contributed by atoms with Crippen LogP contribution in [0.25, 0.3) is 22.0 Å². The summed E-state index contributed by atoms with van der Waals surface area (Å²) in [6, 6.07) is 18.6. The van der Waals surface area contributed by atoms with Gasteiger partial charge in [0.25, 0.3) is 0 Å². The molecule has 0 aliphatic heterocycles. The van der Waals surface area contributed by atoms with Crippen LogP contribution < -0.4 is 4.74 Å². The summed E-state index contributed by atoms with van der Waals surface area (Å²) < 4.78 is 6.25. The largest absolute Gasteiger partial charge is 0.475 e. The quantitative estimate of drug-likeness (QED) is 0.661. The molecule has 0 fully saturated rings. The molecule has 0 aliphatic rings. The Labute approximate surface area is 150 Å². The van der Waals surface area contributed by atoms with Crippen LogP contribution in [0.3, 0.4) is 0 Å². The minimum absolute atomic E-state index is 0.0742. The van der Waals surface area contributed by atoms with E-state index < -0.39 is 0 Å². The van der Waals surface area contributed by atoms with Gasteiger partial charge in [-0.25, -0.2) is 4.98 Å². The van der Waals surface area contributed by atoms with Gasteiger partial charge >= 0.3 is 0 Å². The van der Waals surface area contributed by atoms with E-state index in [1.165, 1.54) is 10.9 Å². The number of para-hydroxylation sites is 1. The second kappa shape index (κ2) is 6.85. The van der Waals surface area contributed by atoms with Crippen molar-refractivity contribution in [3.8, 4) is 17.0 Å². The van der Waals surface area contributed by atoms with E-state index in [4.69, 9.17) is 9.72 Å². The number of benzene rings is 2. The molecule has 25 heavy (non-hydrogen) atoms. The molecular formula is C22H26N2O. The Morgan fingerprint density at radius 3 is 2.28 bits per heavy atom. The summed E-state index contributed by atoms with van der Waals surface area (Å²) in [6.07, 6.45) is 0. The molecule has 130 valence electrons. The molecular weight excluding hydrogens is 308 g/mol. The maximum Gasteiger partial charge on any atom is 0.222 e. The van der Waals surface area contributed by atoms with Crippen molar-refractivity contribution in [2.75, 3.05) is 20.7 Å². The fourth-order valence-corrected chi connectivity index (χ4v) is 2.77. The molecule has 0 spiro atoms. The van der Waals surface area contributed by atoms with E-state index in [0.717, 1.165) is 16.6 Å². The maximum absolute atomic E-state index is 6.25. The highest BCUT2D eigenvalue weighted by Crippen LogP contribution is 2.36. The van der Waals surface area contributed by atoms with Crippen LogP contribution in [0.1, 0.15) is 19.4 Å². The topological polar surface area (TPSA) is 25.4 Å². The standard InChI is InChI=1S/C22H26N2O/c1-16-18-13-9-10-14-19(18)23-21(25-15-22(2,3)24(4)5)20(16)17-11-7-6-8-12-17/h6-14H,15H2,1-5H3. The molecule has 0 unspecified atom stereocenters. The van der Waals surface area contributed by atoms with Crippen LogP contribution in [0.5, 0.6) is 5.88 Å². The number of fused-ring (bicyclic) bond motifs is 1. The molecule has 3 heteroatoms. The first-order chi connectivity index (χ1) is 11.9. The van der Waals surface area contributed by atoms with Crippen LogP contribution in [0, 0.1) is 6.92 Å². The minimum atomic E-state index is -0.0742. The Morgan fingerprint density at radius 2 is 1.60 bits per heavy atom. The molecule has 1 heterocycles. The molecule has 0 aliphatic carbocycles. The summed E-state index contributed by atoms with van der Waals surface area (Å²) in [6.45, 7) is 7.06. The van der Waals surface area contributed by atoms with Gasteiger partial charge < -0.3 is 9.64 Å². The monoisotopic (exact) mass is 334 g/mol. The number of hydrogen-bond donors (Lipinski definition) is 0. The number of aryl methyl sites for hydroxylation is 1. The normalized spacial score (nSPS) is 11.9. The summed E-state index contributed by atoms with van der Waals surface area (Å²) in [5.74, 6) is 0.706. The van der Waals surface area contributed by atoms with Gasteiger partial charge in [0.05, 0.1) is 5.52 Å². The summed E-state index contributed by atoms with van der Waals surface area (Å²) in [5, 5.41) is 1.17. The van der Waals surface area contributed by atoms with Gasteiger partial charge in [0.2, 0.25) is 5.88 Å². The van der Waals surface area contributed by atoms with Gasteiger partial charge in [-0.05, 0) is 52.1 Å². The van der Waals surface area contributed by atoms with Crippen molar-refractivity contribution in [2.45, 2.75) is 26.3 Å². The molecule has 0 saturated heterocycles. The Hall–Kier alpha value is -2.39. The summed E-state index contributed by atoms with van der Waals surface area (Å²) in [7, 11) is 4.14. The van der Waals surface area contributed by atoms with Crippen molar-refractivity contribution in [1.29, 1.82) is 0 Å². The van der Waals surface area contributed by atoms with Crippen molar-refractivity contribution in [3.63, 3.8) is 0 Å². The van der Waals surface area contributed by atoms with Crippen LogP contribution in [-0.2, 0) is 0 Å². The Balaban J connectivity index is 2.12. The van der Waals surface area contributed by atoms with Crippen molar-refractivity contribution in [2.24, 2.45) is 0 Å². The Bertz CT molecular complexity index is 870. The number of likely N-dealkylation sites (N-methyl/N-ethyl adjacent to an activating group) is 1. The van der Waals surface area contributed by atoms with E-state index in [9.17, 15) is 0 Å². The molecule has 2 aromatic carbocycles. The van der Waals surface area contributed by atoms with Crippen molar-refractivity contribution in [1.82, 2.24) is 9.88 Å². The van der Waals surface area contributed by atoms with Gasteiger partial charge in [0.15, 0.2) is 0 Å². The fraction of sp³-hybridized carbons (Fsp3) is 0.318. The predicted molar refractivity (Wildman–Crippen MR) is 105 cm³/mol. The van der Waals surface area contributed by atoms with Crippen LogP contribution in [0.15, 0.2) is 54.6 Å². The number of nitrogens with zero attached hydrogens (tertiary/aromatic N) is 2. The Morgan fingerprint density at radius 1 is 0.960 bits per heavy atom. The zero-order valence-electron chi connectivity index (χ0n) is 15.7. The van der Waals surface area contributed by atoms with Gasteiger partial charge in [-0.1, -0.05) is 48.5 Å². The number of rotatable bonds is 5. The Kier molecular flexibility index (Phi) is 4.78. The van der Waals surface area contributed by atoms with Gasteiger partial charge in [-0.3, -0.25) is 0 Å². The lowest BCUT2D eigenvalue weighted by Gasteiger charge is -2.32. The molecule has 0 amide bonds. The van der Waals surface area contributed by atoms with Crippen molar-refractivity contribution >= 4 is 10.9 Å². The van der Waals surface area contributed by atoms with Crippen LogP contribution in [-0.4, -0.2) is 36.1 Å². The molecule has 3 nitrogen and oxygen atoms in total. The van der Waals surface area contributed by atoms with Gasteiger partial charge in [-0.15, -0.1) is 0 Å². The molecule has 1 aromatic heterocycles. The SMILES string of the molecule is Cc1c(-c2ccccc2)c(OCC(C)(C)N(C)C)nc2ccccc12. The lowest BCUT2D eigenvalue weighted by atomic mass is 9.98. The summed E-state index contributed by atoms with van der Waals surface area (Å²) in [5.41, 5.74) is 4.31. The molecule has 3 rings (SSSR count). The van der Waals surface area contributed by atoms with Gasteiger partial charge in [-0.2, -0.15) is 0 Å². The second-order valence-electron chi connectivity index (χ2n) is 7.30. The number of ether oxygens (including phenoxy) is 1. The van der Waals surface area contributed by atoms with Gasteiger partial charge in [0, 0.05) is 16.5 Å². The summed E-state index contributed by atoms with van der Waals surface area (Å²) >= 11 is 0. The molecule has 0 saturated carbocycles. The van der Waals surface area contributed by atoms with E-state index in [1.54, 1.807) is 0 Å². The van der Waals surface area contributed by atoms with E-state index >= 15 is 0 Å². The zero-order valence-corrected chi connectivity index (χ0v) is 15.7. The number of aromatic nitrogens is 1. The first kappa shape index (κ1) is 17.4. The van der Waals surface area contributed by atoms with Crippen molar-refractivity contribution < 1.29 is 4.74 Å². The van der Waals surface area contributed by atoms with Gasteiger partial charge in [0.1, 0.15) is 6.61 Å². The third-order valence-electron chi connectivity index (χ3n) is 4.95. The number of hydrogen-bond acceptors (Lipinski definition) is 3. The van der Waals surface area contributed by atoms with Crippen LogP contribution in [0.4, 0.5) is 0 Å². The molecule has 0 radical (unpaired) electrons. The lowest BCUT2D eigenvalue weighted by molar-refractivity contribution is 0.111. The predicted octanol–water partition coefficient (Wildman–Crippen LogP) is 4.93. The third kappa shape index (κ3) is 3.52. The van der Waals surface area contributed by atoms with E-state index in [-0.39, 0.29) is 5.54 Å². The minimum Gasteiger partial charge on any atom is -0.475 e.